The van der Waals surface area contributed by atoms with Crippen LogP contribution in [0.3, 0.4) is 0 Å². The van der Waals surface area contributed by atoms with Crippen molar-refractivity contribution in [2.24, 2.45) is 11.1 Å². The van der Waals surface area contributed by atoms with Crippen LogP contribution >= 0.6 is 11.3 Å². The Morgan fingerprint density at radius 2 is 2.23 bits per heavy atom. The Labute approximate surface area is 83.2 Å². The second kappa shape index (κ2) is 2.55. The molecule has 1 unspecified atom stereocenters. The highest BCUT2D eigenvalue weighted by Gasteiger charge is 2.62. The minimum Gasteiger partial charge on any atom is -0.330 e. The lowest BCUT2D eigenvalue weighted by Crippen LogP contribution is -2.25. The van der Waals surface area contributed by atoms with Gasteiger partial charge in [0.1, 0.15) is 0 Å². The largest absolute Gasteiger partial charge is 0.330 e. The number of thiazole rings is 1. The average molecular weight is 196 g/mol. The predicted molar refractivity (Wildman–Crippen MR) is 56.0 cm³/mol. The van der Waals surface area contributed by atoms with Crippen molar-refractivity contribution < 1.29 is 0 Å². The van der Waals surface area contributed by atoms with E-state index in [-0.39, 0.29) is 5.41 Å². The molecule has 0 bridgehead atoms. The minimum absolute atomic E-state index is 0.178. The molecule has 0 aliphatic heterocycles. The zero-order valence-corrected chi connectivity index (χ0v) is 9.24. The first kappa shape index (κ1) is 9.16. The van der Waals surface area contributed by atoms with Crippen LogP contribution < -0.4 is 5.73 Å². The van der Waals surface area contributed by atoms with Crippen molar-refractivity contribution in [2.75, 3.05) is 6.54 Å². The zero-order valence-electron chi connectivity index (χ0n) is 8.42. The zero-order chi connectivity index (χ0) is 9.69. The Balaban J connectivity index is 2.35. The Hall–Kier alpha value is -0.410. The summed E-state index contributed by atoms with van der Waals surface area (Å²) in [6.07, 6.45) is 1.18. The molecule has 0 aromatic carbocycles. The van der Waals surface area contributed by atoms with Gasteiger partial charge >= 0.3 is 0 Å². The van der Waals surface area contributed by atoms with Gasteiger partial charge in [-0.1, -0.05) is 13.8 Å². The van der Waals surface area contributed by atoms with Crippen molar-refractivity contribution in [2.45, 2.75) is 32.6 Å². The first-order valence-corrected chi connectivity index (χ1v) is 5.52. The molecule has 1 aromatic heterocycles. The molecule has 1 aliphatic carbocycles. The number of aryl methyl sites for hydroxylation is 1. The SMILES string of the molecule is Cc1nc(C2(CN)CC2(C)C)cs1. The van der Waals surface area contributed by atoms with Crippen LogP contribution in [0.1, 0.15) is 31.0 Å². The van der Waals surface area contributed by atoms with Crippen molar-refractivity contribution in [1.82, 2.24) is 4.98 Å². The second-order valence-corrected chi connectivity index (χ2v) is 5.66. The van der Waals surface area contributed by atoms with E-state index in [1.807, 2.05) is 6.92 Å². The van der Waals surface area contributed by atoms with Gasteiger partial charge in [-0.25, -0.2) is 4.98 Å². The molecule has 0 saturated heterocycles. The second-order valence-electron chi connectivity index (χ2n) is 4.60. The summed E-state index contributed by atoms with van der Waals surface area (Å²) in [5, 5.41) is 3.31. The average Bonchev–Trinajstić information content (AvgIpc) is 2.43. The van der Waals surface area contributed by atoms with Crippen molar-refractivity contribution in [1.29, 1.82) is 0 Å². The summed E-state index contributed by atoms with van der Waals surface area (Å²) in [6.45, 7) is 7.32. The van der Waals surface area contributed by atoms with Crippen LogP contribution in [-0.2, 0) is 5.41 Å². The number of nitrogens with zero attached hydrogens (tertiary/aromatic N) is 1. The van der Waals surface area contributed by atoms with Gasteiger partial charge in [0, 0.05) is 17.3 Å². The topological polar surface area (TPSA) is 38.9 Å². The van der Waals surface area contributed by atoms with E-state index in [1.165, 1.54) is 12.1 Å². The van der Waals surface area contributed by atoms with Gasteiger partial charge in [-0.05, 0) is 18.8 Å². The van der Waals surface area contributed by atoms with Crippen LogP contribution in [0.2, 0.25) is 0 Å². The maximum Gasteiger partial charge on any atom is 0.0897 e. The summed E-state index contributed by atoms with van der Waals surface area (Å²) in [5.74, 6) is 0. The third-order valence-corrected chi connectivity index (χ3v) is 4.15. The van der Waals surface area contributed by atoms with E-state index in [4.69, 9.17) is 5.73 Å². The van der Waals surface area contributed by atoms with Crippen LogP contribution in [0.15, 0.2) is 5.38 Å². The van der Waals surface area contributed by atoms with Gasteiger partial charge in [0.15, 0.2) is 0 Å². The molecule has 3 heteroatoms. The summed E-state index contributed by atoms with van der Waals surface area (Å²) in [4.78, 5) is 4.55. The molecule has 0 amide bonds. The fourth-order valence-electron chi connectivity index (χ4n) is 2.18. The Bertz CT molecular complexity index is 329. The van der Waals surface area contributed by atoms with E-state index in [2.05, 4.69) is 24.2 Å². The van der Waals surface area contributed by atoms with Crippen LogP contribution in [-0.4, -0.2) is 11.5 Å². The molecular weight excluding hydrogens is 180 g/mol. The van der Waals surface area contributed by atoms with Crippen LogP contribution in [0.4, 0.5) is 0 Å². The molecule has 1 aromatic rings. The van der Waals surface area contributed by atoms with Crippen molar-refractivity contribution in [3.63, 3.8) is 0 Å². The fourth-order valence-corrected chi connectivity index (χ4v) is 2.90. The molecule has 1 heterocycles. The quantitative estimate of drug-likeness (QED) is 0.786. The number of hydrogen-bond donors (Lipinski definition) is 1. The van der Waals surface area contributed by atoms with Crippen LogP contribution in [0, 0.1) is 12.3 Å². The smallest absolute Gasteiger partial charge is 0.0897 e. The lowest BCUT2D eigenvalue weighted by atomic mass is 9.93. The lowest BCUT2D eigenvalue weighted by Gasteiger charge is -2.15. The molecule has 0 spiro atoms. The molecule has 72 valence electrons. The van der Waals surface area contributed by atoms with E-state index >= 15 is 0 Å². The van der Waals surface area contributed by atoms with Gasteiger partial charge in [0.2, 0.25) is 0 Å². The van der Waals surface area contributed by atoms with Crippen molar-refractivity contribution >= 4 is 11.3 Å². The molecule has 13 heavy (non-hydrogen) atoms. The number of rotatable bonds is 2. The standard InChI is InChI=1S/C10H16N2S/c1-7-12-8(4-13-7)10(6-11)5-9(10,2)3/h4H,5-6,11H2,1-3H3. The summed E-state index contributed by atoms with van der Waals surface area (Å²) in [7, 11) is 0. The van der Waals surface area contributed by atoms with E-state index < -0.39 is 0 Å². The molecule has 1 atom stereocenters. The molecule has 1 fully saturated rings. The van der Waals surface area contributed by atoms with Crippen molar-refractivity contribution in [3.05, 3.63) is 16.1 Å². The van der Waals surface area contributed by atoms with Crippen LogP contribution in [0.25, 0.3) is 0 Å². The van der Waals surface area contributed by atoms with Gasteiger partial charge in [-0.2, -0.15) is 0 Å². The van der Waals surface area contributed by atoms with E-state index in [9.17, 15) is 0 Å². The van der Waals surface area contributed by atoms with Crippen molar-refractivity contribution in [3.8, 4) is 0 Å². The highest BCUT2D eigenvalue weighted by molar-refractivity contribution is 7.09. The predicted octanol–water partition coefficient (Wildman–Crippen LogP) is 2.08. The third kappa shape index (κ3) is 1.14. The molecular formula is C10H16N2S. The summed E-state index contributed by atoms with van der Waals surface area (Å²) in [6, 6.07) is 0. The summed E-state index contributed by atoms with van der Waals surface area (Å²) < 4.78 is 0. The molecule has 1 aliphatic rings. The molecule has 1 saturated carbocycles. The summed E-state index contributed by atoms with van der Waals surface area (Å²) >= 11 is 1.72. The van der Waals surface area contributed by atoms with Gasteiger partial charge in [-0.3, -0.25) is 0 Å². The Morgan fingerprint density at radius 3 is 2.54 bits per heavy atom. The first-order chi connectivity index (χ1) is 6.02. The number of nitrogens with two attached hydrogens (primary N) is 1. The Kier molecular flexibility index (Phi) is 1.79. The highest BCUT2D eigenvalue weighted by atomic mass is 32.1. The van der Waals surface area contributed by atoms with Gasteiger partial charge in [-0.15, -0.1) is 11.3 Å². The normalized spacial score (nSPS) is 30.5. The first-order valence-electron chi connectivity index (χ1n) is 4.64. The number of aromatic nitrogens is 1. The maximum atomic E-state index is 5.85. The molecule has 2 N–H and O–H groups in total. The van der Waals surface area contributed by atoms with E-state index in [0.717, 1.165) is 11.6 Å². The van der Waals surface area contributed by atoms with Crippen LogP contribution in [0.5, 0.6) is 0 Å². The fraction of sp³-hybridized carbons (Fsp3) is 0.700. The maximum absolute atomic E-state index is 5.85. The highest BCUT2D eigenvalue weighted by Crippen LogP contribution is 2.63. The number of hydrogen-bond acceptors (Lipinski definition) is 3. The van der Waals surface area contributed by atoms with Gasteiger partial charge < -0.3 is 5.73 Å². The molecule has 2 rings (SSSR count). The summed E-state index contributed by atoms with van der Waals surface area (Å²) in [5.41, 5.74) is 7.59. The molecule has 2 nitrogen and oxygen atoms in total. The van der Waals surface area contributed by atoms with Gasteiger partial charge in [0.25, 0.3) is 0 Å². The minimum atomic E-state index is 0.178. The lowest BCUT2D eigenvalue weighted by molar-refractivity contribution is 0.494. The van der Waals surface area contributed by atoms with Gasteiger partial charge in [0.05, 0.1) is 10.7 Å². The van der Waals surface area contributed by atoms with E-state index in [0.29, 0.717) is 5.41 Å². The Morgan fingerprint density at radius 1 is 1.62 bits per heavy atom. The van der Waals surface area contributed by atoms with E-state index in [1.54, 1.807) is 11.3 Å². The monoisotopic (exact) mass is 196 g/mol. The third-order valence-electron chi connectivity index (χ3n) is 3.37. The molecule has 0 radical (unpaired) electrons.